The van der Waals surface area contributed by atoms with Gasteiger partial charge in [0.05, 0.1) is 26.2 Å². The molecule has 0 spiro atoms. The number of rotatable bonds is 11. The van der Waals surface area contributed by atoms with Crippen LogP contribution in [0.4, 0.5) is 0 Å². The summed E-state index contributed by atoms with van der Waals surface area (Å²) >= 11 is 0. The SMILES string of the molecule is CCCC[N+](CC)(CC)CC[C@@H](C)CCC=C(C)C.[Br-]. The molecule has 0 unspecified atom stereocenters. The maximum atomic E-state index is 2.43. The molecule has 2 heteroatoms. The molecule has 0 aliphatic heterocycles. The molecule has 0 aromatic heterocycles. The molecule has 0 aliphatic rings. The van der Waals surface area contributed by atoms with E-state index in [0.717, 1.165) is 5.92 Å². The topological polar surface area (TPSA) is 0 Å². The van der Waals surface area contributed by atoms with Crippen molar-refractivity contribution in [3.63, 3.8) is 0 Å². The van der Waals surface area contributed by atoms with Gasteiger partial charge in [0.2, 0.25) is 0 Å². The Kier molecular flexibility index (Phi) is 14.5. The average Bonchev–Trinajstić information content (AvgIpc) is 2.39. The minimum Gasteiger partial charge on any atom is -1.00 e. The van der Waals surface area contributed by atoms with E-state index in [2.05, 4.69) is 47.6 Å². The zero-order valence-corrected chi connectivity index (χ0v) is 16.4. The molecule has 0 bridgehead atoms. The van der Waals surface area contributed by atoms with Gasteiger partial charge in [0.25, 0.3) is 0 Å². The summed E-state index contributed by atoms with van der Waals surface area (Å²) in [5.74, 6) is 0.868. The van der Waals surface area contributed by atoms with Crippen LogP contribution >= 0.6 is 0 Å². The van der Waals surface area contributed by atoms with Crippen molar-refractivity contribution in [3.05, 3.63) is 11.6 Å². The molecule has 0 aromatic carbocycles. The molecule has 0 saturated carbocycles. The monoisotopic (exact) mass is 347 g/mol. The highest BCUT2D eigenvalue weighted by molar-refractivity contribution is 4.92. The van der Waals surface area contributed by atoms with Gasteiger partial charge in [-0.1, -0.05) is 31.9 Å². The summed E-state index contributed by atoms with van der Waals surface area (Å²) in [4.78, 5) is 0. The van der Waals surface area contributed by atoms with Crippen LogP contribution in [0, 0.1) is 5.92 Å². The number of halogens is 1. The van der Waals surface area contributed by atoms with Crippen molar-refractivity contribution in [2.45, 2.75) is 73.6 Å². The molecule has 0 amide bonds. The fourth-order valence-corrected chi connectivity index (χ4v) is 2.76. The van der Waals surface area contributed by atoms with Crippen LogP contribution in [0.15, 0.2) is 11.6 Å². The largest absolute Gasteiger partial charge is 1.00 e. The minimum absolute atomic E-state index is 0. The molecule has 0 fully saturated rings. The van der Waals surface area contributed by atoms with E-state index in [1.807, 2.05) is 0 Å². The molecular formula is C18H38BrN. The van der Waals surface area contributed by atoms with Crippen LogP contribution in [0.3, 0.4) is 0 Å². The summed E-state index contributed by atoms with van der Waals surface area (Å²) in [6.07, 6.45) is 9.10. The van der Waals surface area contributed by atoms with Crippen molar-refractivity contribution in [3.8, 4) is 0 Å². The Morgan fingerprint density at radius 1 is 1.00 bits per heavy atom. The third-order valence-corrected chi connectivity index (χ3v) is 4.64. The van der Waals surface area contributed by atoms with E-state index in [0.29, 0.717) is 0 Å². The van der Waals surface area contributed by atoms with E-state index in [4.69, 9.17) is 0 Å². The first-order chi connectivity index (χ1) is 8.99. The Labute approximate surface area is 139 Å². The normalized spacial score (nSPS) is 12.7. The summed E-state index contributed by atoms with van der Waals surface area (Å²) in [5.41, 5.74) is 1.46. The lowest BCUT2D eigenvalue weighted by molar-refractivity contribution is -0.925. The van der Waals surface area contributed by atoms with Gasteiger partial charge in [0, 0.05) is 0 Å². The van der Waals surface area contributed by atoms with Gasteiger partial charge in [-0.05, 0) is 59.3 Å². The standard InChI is InChI=1S/C18H38N.BrH/c1-7-10-15-19(8-2,9-3)16-14-18(6)13-11-12-17(4)5;/h12,18H,7-11,13-16H2,1-6H3;1H/q+1;/p-1/t18-;/m0./s1. The van der Waals surface area contributed by atoms with E-state index >= 15 is 0 Å². The maximum Gasteiger partial charge on any atom is 0.0789 e. The van der Waals surface area contributed by atoms with Crippen molar-refractivity contribution >= 4 is 0 Å². The van der Waals surface area contributed by atoms with E-state index in [9.17, 15) is 0 Å². The molecule has 0 saturated heterocycles. The third-order valence-electron chi connectivity index (χ3n) is 4.64. The van der Waals surface area contributed by atoms with E-state index < -0.39 is 0 Å². The third kappa shape index (κ3) is 9.99. The lowest BCUT2D eigenvalue weighted by Crippen LogP contribution is -3.00. The van der Waals surface area contributed by atoms with Crippen molar-refractivity contribution in [1.29, 1.82) is 0 Å². The smallest absolute Gasteiger partial charge is 0.0789 e. The molecule has 20 heavy (non-hydrogen) atoms. The average molecular weight is 348 g/mol. The molecule has 0 radical (unpaired) electrons. The highest BCUT2D eigenvalue weighted by Gasteiger charge is 2.22. The Balaban J connectivity index is 0. The van der Waals surface area contributed by atoms with Crippen LogP contribution in [-0.4, -0.2) is 30.7 Å². The molecule has 1 atom stereocenters. The lowest BCUT2D eigenvalue weighted by atomic mass is 10.00. The second-order valence-corrected chi connectivity index (χ2v) is 6.53. The van der Waals surface area contributed by atoms with Crippen LogP contribution in [0.2, 0.25) is 0 Å². The van der Waals surface area contributed by atoms with E-state index in [-0.39, 0.29) is 17.0 Å². The molecule has 0 aromatic rings. The van der Waals surface area contributed by atoms with Crippen LogP contribution in [0.25, 0.3) is 0 Å². The van der Waals surface area contributed by atoms with Crippen molar-refractivity contribution in [2.75, 3.05) is 26.2 Å². The quantitative estimate of drug-likeness (QED) is 0.397. The predicted molar refractivity (Wildman–Crippen MR) is 88.4 cm³/mol. The first-order valence-electron chi connectivity index (χ1n) is 8.48. The van der Waals surface area contributed by atoms with E-state index in [1.165, 1.54) is 68.3 Å². The van der Waals surface area contributed by atoms with Gasteiger partial charge in [0.15, 0.2) is 0 Å². The molecule has 0 heterocycles. The Morgan fingerprint density at radius 2 is 1.60 bits per heavy atom. The van der Waals surface area contributed by atoms with Crippen LogP contribution in [0.1, 0.15) is 73.6 Å². The summed E-state index contributed by atoms with van der Waals surface area (Å²) < 4.78 is 1.33. The number of unbranched alkanes of at least 4 members (excludes halogenated alkanes) is 1. The van der Waals surface area contributed by atoms with E-state index in [1.54, 1.807) is 0 Å². The van der Waals surface area contributed by atoms with Gasteiger partial charge in [0.1, 0.15) is 0 Å². The second kappa shape index (κ2) is 12.9. The van der Waals surface area contributed by atoms with Crippen molar-refractivity contribution < 1.29 is 21.5 Å². The van der Waals surface area contributed by atoms with Crippen molar-refractivity contribution in [1.82, 2.24) is 0 Å². The molecule has 0 rings (SSSR count). The Bertz CT molecular complexity index is 240. The van der Waals surface area contributed by atoms with Crippen LogP contribution in [-0.2, 0) is 0 Å². The van der Waals surface area contributed by atoms with Crippen LogP contribution in [0.5, 0.6) is 0 Å². The molecule has 1 nitrogen and oxygen atoms in total. The molecule has 0 aliphatic carbocycles. The summed E-state index contributed by atoms with van der Waals surface area (Å²) in [7, 11) is 0. The second-order valence-electron chi connectivity index (χ2n) is 6.53. The van der Waals surface area contributed by atoms with Gasteiger partial charge in [-0.2, -0.15) is 0 Å². The number of nitrogens with zero attached hydrogens (tertiary/aromatic N) is 1. The first-order valence-corrected chi connectivity index (χ1v) is 8.48. The summed E-state index contributed by atoms with van der Waals surface area (Å²) in [6.45, 7) is 19.2. The fourth-order valence-electron chi connectivity index (χ4n) is 2.76. The van der Waals surface area contributed by atoms with Gasteiger partial charge in [-0.15, -0.1) is 0 Å². The van der Waals surface area contributed by atoms with Gasteiger partial charge < -0.3 is 21.5 Å². The number of hydrogen-bond donors (Lipinski definition) is 0. The highest BCUT2D eigenvalue weighted by atomic mass is 79.9. The molecular weight excluding hydrogens is 310 g/mol. The Morgan fingerprint density at radius 3 is 2.05 bits per heavy atom. The zero-order valence-electron chi connectivity index (χ0n) is 14.8. The van der Waals surface area contributed by atoms with Crippen LogP contribution < -0.4 is 17.0 Å². The van der Waals surface area contributed by atoms with Crippen molar-refractivity contribution in [2.24, 2.45) is 5.92 Å². The predicted octanol–water partition coefficient (Wildman–Crippen LogP) is 2.42. The maximum absolute atomic E-state index is 2.43. The molecule has 0 N–H and O–H groups in total. The zero-order chi connectivity index (χ0) is 14.7. The number of allylic oxidation sites excluding steroid dienone is 2. The lowest BCUT2D eigenvalue weighted by Gasteiger charge is -2.37. The summed E-state index contributed by atoms with van der Waals surface area (Å²) in [6, 6.07) is 0. The highest BCUT2D eigenvalue weighted by Crippen LogP contribution is 2.17. The Hall–Kier alpha value is 0.180. The summed E-state index contributed by atoms with van der Waals surface area (Å²) in [5, 5.41) is 0. The van der Waals surface area contributed by atoms with Gasteiger partial charge >= 0.3 is 0 Å². The molecule has 122 valence electrons. The number of hydrogen-bond acceptors (Lipinski definition) is 0. The van der Waals surface area contributed by atoms with Gasteiger partial charge in [-0.25, -0.2) is 0 Å². The van der Waals surface area contributed by atoms with Gasteiger partial charge in [-0.3, -0.25) is 0 Å². The minimum atomic E-state index is 0. The fraction of sp³-hybridized carbons (Fsp3) is 0.889. The first kappa shape index (κ1) is 22.5. The number of quaternary nitrogens is 1.